The van der Waals surface area contributed by atoms with E-state index in [-0.39, 0.29) is 18.6 Å². The number of amides is 1. The number of carbonyl (C=O) groups is 3. The summed E-state index contributed by atoms with van der Waals surface area (Å²) in [4.78, 5) is 34.5. The highest BCUT2D eigenvalue weighted by Gasteiger charge is 2.30. The van der Waals surface area contributed by atoms with Gasteiger partial charge in [-0.15, -0.1) is 0 Å². The van der Waals surface area contributed by atoms with E-state index in [0.29, 0.717) is 5.56 Å². The molecule has 0 saturated heterocycles. The maximum Gasteiger partial charge on any atom is 0.337 e. The number of hydrogen-bond donors (Lipinski definition) is 3. The zero-order chi connectivity index (χ0) is 17.0. The molecular formula is C17H21NO5. The molecule has 1 aliphatic rings. The van der Waals surface area contributed by atoms with Crippen LogP contribution in [-0.2, 0) is 22.4 Å². The average Bonchev–Trinajstić information content (AvgIpc) is 2.97. The van der Waals surface area contributed by atoms with E-state index in [9.17, 15) is 19.5 Å². The summed E-state index contributed by atoms with van der Waals surface area (Å²) in [5.74, 6) is -1.98. The monoisotopic (exact) mass is 319 g/mol. The molecule has 0 heterocycles. The molecule has 1 amide bonds. The molecule has 0 saturated carbocycles. The van der Waals surface area contributed by atoms with Crippen molar-refractivity contribution in [1.29, 1.82) is 0 Å². The fourth-order valence-corrected chi connectivity index (χ4v) is 2.55. The van der Waals surface area contributed by atoms with Gasteiger partial charge >= 0.3 is 5.97 Å². The van der Waals surface area contributed by atoms with Crippen molar-refractivity contribution in [3.63, 3.8) is 0 Å². The number of carboxylic acid groups (broad SMARTS) is 1. The van der Waals surface area contributed by atoms with Crippen LogP contribution in [0, 0.1) is 0 Å². The molecular weight excluding hydrogens is 298 g/mol. The first-order chi connectivity index (χ1) is 10.8. The van der Waals surface area contributed by atoms with Crippen molar-refractivity contribution in [2.24, 2.45) is 0 Å². The molecule has 0 aromatic heterocycles. The van der Waals surface area contributed by atoms with Crippen LogP contribution >= 0.6 is 0 Å². The molecule has 0 fully saturated rings. The summed E-state index contributed by atoms with van der Waals surface area (Å²) in [5, 5.41) is 20.6. The lowest BCUT2D eigenvalue weighted by Gasteiger charge is -2.18. The topological polar surface area (TPSA) is 104 Å². The molecule has 124 valence electrons. The molecule has 6 heteroatoms. The Bertz CT molecular complexity index is 636. The third-order valence-corrected chi connectivity index (χ3v) is 4.09. The minimum absolute atomic E-state index is 0.0361. The van der Waals surface area contributed by atoms with Crippen molar-refractivity contribution in [3.05, 3.63) is 34.9 Å². The lowest BCUT2D eigenvalue weighted by atomic mass is 10.0. The van der Waals surface area contributed by atoms with Crippen LogP contribution in [0.15, 0.2) is 18.2 Å². The number of aryl methyl sites for hydroxylation is 2. The Labute approximate surface area is 134 Å². The molecule has 1 aliphatic carbocycles. The maximum atomic E-state index is 12.1. The lowest BCUT2D eigenvalue weighted by Crippen LogP contribution is -2.46. The second kappa shape index (κ2) is 6.91. The molecule has 2 rings (SSSR count). The van der Waals surface area contributed by atoms with Crippen LogP contribution in [0.25, 0.3) is 0 Å². The van der Waals surface area contributed by atoms with Crippen molar-refractivity contribution < 1.29 is 24.6 Å². The third-order valence-electron chi connectivity index (χ3n) is 4.09. The smallest absolute Gasteiger partial charge is 0.337 e. The fourth-order valence-electron chi connectivity index (χ4n) is 2.55. The van der Waals surface area contributed by atoms with E-state index >= 15 is 0 Å². The highest BCUT2D eigenvalue weighted by atomic mass is 16.4. The van der Waals surface area contributed by atoms with E-state index < -0.39 is 24.0 Å². The largest absolute Gasteiger partial charge is 0.479 e. The number of Topliss-reactive ketones (excluding diaryl/α,β-unsaturated/α-hetero) is 1. The minimum Gasteiger partial charge on any atom is -0.479 e. The number of rotatable bonds is 7. The Morgan fingerprint density at radius 3 is 2.57 bits per heavy atom. The molecule has 0 spiro atoms. The summed E-state index contributed by atoms with van der Waals surface area (Å²) in [6, 6.07) is 5.66. The Hall–Kier alpha value is -2.21. The number of aliphatic hydroxyl groups is 1. The van der Waals surface area contributed by atoms with E-state index in [1.807, 2.05) is 12.1 Å². The minimum atomic E-state index is -2.01. The summed E-state index contributed by atoms with van der Waals surface area (Å²) < 4.78 is 0. The first-order valence-corrected chi connectivity index (χ1v) is 7.67. The number of aliphatic carboxylic acids is 1. The highest BCUT2D eigenvalue weighted by molar-refractivity contribution is 5.98. The van der Waals surface area contributed by atoms with Crippen LogP contribution in [0.4, 0.5) is 0 Å². The summed E-state index contributed by atoms with van der Waals surface area (Å²) in [6.07, 6.45) is 3.17. The second-order valence-electron chi connectivity index (χ2n) is 6.12. The average molecular weight is 319 g/mol. The zero-order valence-electron chi connectivity index (χ0n) is 13.1. The second-order valence-corrected chi connectivity index (χ2v) is 6.12. The number of hydrogen-bond acceptors (Lipinski definition) is 4. The van der Waals surface area contributed by atoms with Crippen molar-refractivity contribution in [3.8, 4) is 0 Å². The van der Waals surface area contributed by atoms with Gasteiger partial charge in [0.2, 0.25) is 5.91 Å². The van der Waals surface area contributed by atoms with Gasteiger partial charge in [-0.1, -0.05) is 12.1 Å². The maximum absolute atomic E-state index is 12.1. The normalized spacial score (nSPS) is 15.6. The van der Waals surface area contributed by atoms with Gasteiger partial charge in [-0.3, -0.25) is 9.59 Å². The van der Waals surface area contributed by atoms with Gasteiger partial charge in [-0.25, -0.2) is 4.79 Å². The number of nitrogens with one attached hydrogen (secondary N) is 1. The molecule has 1 atom stereocenters. The number of ketones is 1. The van der Waals surface area contributed by atoms with Crippen molar-refractivity contribution >= 4 is 17.7 Å². The van der Waals surface area contributed by atoms with Gasteiger partial charge in [-0.2, -0.15) is 0 Å². The van der Waals surface area contributed by atoms with Crippen LogP contribution in [0.5, 0.6) is 0 Å². The predicted octanol–water partition coefficient (Wildman–Crippen LogP) is 1.09. The standard InChI is InChI=1S/C17H21NO5/c1-17(23,16(21)22)10-18-15(20)8-7-14(19)13-6-5-11-3-2-4-12(11)9-13/h5-6,9,23H,2-4,7-8,10H2,1H3,(H,18,20)(H,21,22). The first-order valence-electron chi connectivity index (χ1n) is 7.67. The van der Waals surface area contributed by atoms with E-state index in [1.54, 1.807) is 6.07 Å². The highest BCUT2D eigenvalue weighted by Crippen LogP contribution is 2.23. The third kappa shape index (κ3) is 4.39. The quantitative estimate of drug-likeness (QED) is 0.653. The SMILES string of the molecule is CC(O)(CNC(=O)CCC(=O)c1ccc2c(c1)CCC2)C(=O)O. The summed E-state index contributed by atoms with van der Waals surface area (Å²) in [6.45, 7) is 0.708. The van der Waals surface area contributed by atoms with Crippen molar-refractivity contribution in [2.45, 2.75) is 44.6 Å². The van der Waals surface area contributed by atoms with E-state index in [0.717, 1.165) is 26.2 Å². The van der Waals surface area contributed by atoms with E-state index in [1.165, 1.54) is 11.1 Å². The van der Waals surface area contributed by atoms with Gasteiger partial charge in [-0.05, 0) is 43.4 Å². The summed E-state index contributed by atoms with van der Waals surface area (Å²) in [5.41, 5.74) is 1.09. The van der Waals surface area contributed by atoms with Gasteiger partial charge in [0.25, 0.3) is 0 Å². The molecule has 3 N–H and O–H groups in total. The van der Waals surface area contributed by atoms with Crippen LogP contribution in [-0.4, -0.2) is 40.0 Å². The molecule has 0 radical (unpaired) electrons. The van der Waals surface area contributed by atoms with Crippen LogP contribution in [0.3, 0.4) is 0 Å². The summed E-state index contributed by atoms with van der Waals surface area (Å²) in [7, 11) is 0. The molecule has 1 unspecified atom stereocenters. The fraction of sp³-hybridized carbons (Fsp3) is 0.471. The van der Waals surface area contributed by atoms with Gasteiger partial charge < -0.3 is 15.5 Å². The first kappa shape index (κ1) is 17.1. The number of benzene rings is 1. The summed E-state index contributed by atoms with van der Waals surface area (Å²) >= 11 is 0. The molecule has 6 nitrogen and oxygen atoms in total. The van der Waals surface area contributed by atoms with Gasteiger partial charge in [0.05, 0.1) is 6.54 Å². The molecule has 23 heavy (non-hydrogen) atoms. The van der Waals surface area contributed by atoms with Gasteiger partial charge in [0.1, 0.15) is 0 Å². The predicted molar refractivity (Wildman–Crippen MR) is 83.3 cm³/mol. The molecule has 0 aliphatic heterocycles. The molecule has 1 aromatic carbocycles. The number of carboxylic acids is 1. The van der Waals surface area contributed by atoms with Crippen LogP contribution in [0.2, 0.25) is 0 Å². The Balaban J connectivity index is 1.82. The zero-order valence-corrected chi connectivity index (χ0v) is 13.1. The lowest BCUT2D eigenvalue weighted by molar-refractivity contribution is -0.156. The van der Waals surface area contributed by atoms with Crippen molar-refractivity contribution in [1.82, 2.24) is 5.32 Å². The Kier molecular flexibility index (Phi) is 5.15. The van der Waals surface area contributed by atoms with Crippen LogP contribution in [0.1, 0.15) is 47.7 Å². The number of fused-ring (bicyclic) bond motifs is 1. The van der Waals surface area contributed by atoms with Gasteiger partial charge in [0.15, 0.2) is 11.4 Å². The van der Waals surface area contributed by atoms with Gasteiger partial charge in [0, 0.05) is 18.4 Å². The Morgan fingerprint density at radius 2 is 1.87 bits per heavy atom. The van der Waals surface area contributed by atoms with Crippen molar-refractivity contribution in [2.75, 3.05) is 6.54 Å². The van der Waals surface area contributed by atoms with Crippen LogP contribution < -0.4 is 5.32 Å². The van der Waals surface area contributed by atoms with E-state index in [2.05, 4.69) is 5.32 Å². The van der Waals surface area contributed by atoms with E-state index in [4.69, 9.17) is 5.11 Å². The number of carbonyl (C=O) groups excluding carboxylic acids is 2. The molecule has 1 aromatic rings. The Morgan fingerprint density at radius 1 is 1.17 bits per heavy atom. The molecule has 0 bridgehead atoms.